The predicted molar refractivity (Wildman–Crippen MR) is 115 cm³/mol. The van der Waals surface area contributed by atoms with E-state index in [1.807, 2.05) is 0 Å². The maximum absolute atomic E-state index is 13.9. The number of rotatable bonds is 4. The normalized spacial score (nSPS) is 14.5. The average Bonchev–Trinajstić information content (AvgIpc) is 3.12. The summed E-state index contributed by atoms with van der Waals surface area (Å²) in [5, 5.41) is 8.32. The molecule has 8 heteroatoms. The van der Waals surface area contributed by atoms with Crippen molar-refractivity contribution in [2.45, 2.75) is 6.04 Å². The van der Waals surface area contributed by atoms with Crippen LogP contribution in [0, 0.1) is 5.82 Å². The van der Waals surface area contributed by atoms with Crippen LogP contribution in [-0.2, 0) is 0 Å². The molecule has 6 nitrogen and oxygen atoms in total. The Labute approximate surface area is 182 Å². The lowest BCUT2D eigenvalue weighted by Crippen LogP contribution is -2.21. The van der Waals surface area contributed by atoms with Crippen LogP contribution in [0.25, 0.3) is 0 Å². The van der Waals surface area contributed by atoms with Gasteiger partial charge < -0.3 is 16.0 Å². The van der Waals surface area contributed by atoms with Gasteiger partial charge in [-0.2, -0.15) is 0 Å². The van der Waals surface area contributed by atoms with Gasteiger partial charge in [-0.15, -0.1) is 0 Å². The average molecular weight is 438 g/mol. The minimum absolute atomic E-state index is 0.200. The molecule has 0 spiro atoms. The van der Waals surface area contributed by atoms with Crippen LogP contribution in [0.4, 0.5) is 10.1 Å². The molecule has 1 atom stereocenters. The minimum Gasteiger partial charge on any atom is -0.355 e. The first-order valence-electron chi connectivity index (χ1n) is 9.41. The molecule has 156 valence electrons. The van der Waals surface area contributed by atoms with E-state index >= 15 is 0 Å². The Morgan fingerprint density at radius 1 is 1.00 bits per heavy atom. The summed E-state index contributed by atoms with van der Waals surface area (Å²) >= 11 is 6.28. The lowest BCUT2D eigenvalue weighted by atomic mass is 9.94. The van der Waals surface area contributed by atoms with E-state index in [9.17, 15) is 18.8 Å². The number of hydrogen-bond acceptors (Lipinski definition) is 3. The van der Waals surface area contributed by atoms with E-state index in [4.69, 9.17) is 11.6 Å². The minimum atomic E-state index is -0.796. The van der Waals surface area contributed by atoms with Crippen LogP contribution in [0.15, 0.2) is 60.7 Å². The van der Waals surface area contributed by atoms with Gasteiger partial charge in [0.15, 0.2) is 0 Å². The van der Waals surface area contributed by atoms with Crippen LogP contribution in [0.2, 0.25) is 5.02 Å². The summed E-state index contributed by atoms with van der Waals surface area (Å²) in [7, 11) is 1.47. The Morgan fingerprint density at radius 2 is 1.74 bits per heavy atom. The summed E-state index contributed by atoms with van der Waals surface area (Å²) in [5.74, 6) is -1.81. The molecule has 3 aromatic carbocycles. The van der Waals surface area contributed by atoms with E-state index in [2.05, 4.69) is 16.0 Å². The van der Waals surface area contributed by atoms with E-state index in [0.717, 1.165) is 0 Å². The van der Waals surface area contributed by atoms with Crippen LogP contribution in [-0.4, -0.2) is 24.8 Å². The Morgan fingerprint density at radius 3 is 2.45 bits per heavy atom. The van der Waals surface area contributed by atoms with Crippen molar-refractivity contribution in [3.05, 3.63) is 99.3 Å². The highest BCUT2D eigenvalue weighted by Gasteiger charge is 2.35. The molecule has 0 radical (unpaired) electrons. The van der Waals surface area contributed by atoms with Gasteiger partial charge in [0.25, 0.3) is 17.7 Å². The molecule has 0 saturated carbocycles. The van der Waals surface area contributed by atoms with Crippen LogP contribution >= 0.6 is 11.6 Å². The Hall–Kier alpha value is -3.71. The molecule has 3 amide bonds. The molecule has 0 aliphatic carbocycles. The van der Waals surface area contributed by atoms with Gasteiger partial charge in [-0.25, -0.2) is 4.39 Å². The summed E-state index contributed by atoms with van der Waals surface area (Å²) in [5.41, 5.74) is 1.82. The highest BCUT2D eigenvalue weighted by atomic mass is 35.5. The number of carbonyl (C=O) groups excluding carboxylic acids is 3. The van der Waals surface area contributed by atoms with Crippen LogP contribution in [0.5, 0.6) is 0 Å². The van der Waals surface area contributed by atoms with Crippen molar-refractivity contribution in [1.29, 1.82) is 0 Å². The zero-order chi connectivity index (χ0) is 22.1. The molecule has 3 aromatic rings. The first-order valence-corrected chi connectivity index (χ1v) is 9.79. The number of anilines is 1. The largest absolute Gasteiger partial charge is 0.355 e. The summed E-state index contributed by atoms with van der Waals surface area (Å²) < 4.78 is 13.9. The third kappa shape index (κ3) is 3.87. The quantitative estimate of drug-likeness (QED) is 0.578. The van der Waals surface area contributed by atoms with Crippen molar-refractivity contribution in [3.63, 3.8) is 0 Å². The first kappa shape index (κ1) is 20.6. The second kappa shape index (κ2) is 8.20. The number of benzene rings is 3. The lowest BCUT2D eigenvalue weighted by Gasteiger charge is -2.18. The second-order valence-corrected chi connectivity index (χ2v) is 7.36. The fourth-order valence-electron chi connectivity index (χ4n) is 3.57. The van der Waals surface area contributed by atoms with Crippen molar-refractivity contribution in [3.8, 4) is 0 Å². The molecule has 0 fully saturated rings. The maximum Gasteiger partial charge on any atom is 0.255 e. The number of amides is 3. The van der Waals surface area contributed by atoms with E-state index in [1.165, 1.54) is 37.4 Å². The molecule has 3 N–H and O–H groups in total. The molecule has 1 aliphatic heterocycles. The van der Waals surface area contributed by atoms with E-state index < -0.39 is 29.6 Å². The molecular formula is C23H17ClFN3O3. The number of carbonyl (C=O) groups is 3. The van der Waals surface area contributed by atoms with Gasteiger partial charge >= 0.3 is 0 Å². The highest BCUT2D eigenvalue weighted by Crippen LogP contribution is 2.40. The van der Waals surface area contributed by atoms with Crippen molar-refractivity contribution in [2.75, 3.05) is 12.4 Å². The third-order valence-electron chi connectivity index (χ3n) is 5.03. The SMILES string of the molecule is CNC(=O)c1cc(NC(=O)c2ccccc2)c2c(c1)C(=O)NC2c1cc(F)ccc1Cl. The van der Waals surface area contributed by atoms with Crippen LogP contribution in [0.3, 0.4) is 0 Å². The number of halogens is 2. The molecule has 1 unspecified atom stereocenters. The summed E-state index contributed by atoms with van der Waals surface area (Å²) in [6, 6.07) is 14.5. The topological polar surface area (TPSA) is 87.3 Å². The zero-order valence-electron chi connectivity index (χ0n) is 16.3. The molecule has 0 saturated heterocycles. The third-order valence-corrected chi connectivity index (χ3v) is 5.38. The fourth-order valence-corrected chi connectivity index (χ4v) is 3.79. The molecule has 0 aromatic heterocycles. The molecule has 0 bridgehead atoms. The summed E-state index contributed by atoms with van der Waals surface area (Å²) in [4.78, 5) is 37.8. The van der Waals surface area contributed by atoms with Gasteiger partial charge in [0.2, 0.25) is 0 Å². The second-order valence-electron chi connectivity index (χ2n) is 6.96. The summed E-state index contributed by atoms with van der Waals surface area (Å²) in [6.45, 7) is 0. The number of nitrogens with one attached hydrogen (secondary N) is 3. The van der Waals surface area contributed by atoms with Gasteiger partial charge in [0, 0.05) is 45.6 Å². The van der Waals surface area contributed by atoms with Crippen molar-refractivity contribution in [2.24, 2.45) is 0 Å². The molecule has 1 heterocycles. The number of fused-ring (bicyclic) bond motifs is 1. The van der Waals surface area contributed by atoms with E-state index in [0.29, 0.717) is 16.7 Å². The Kier molecular flexibility index (Phi) is 5.44. The smallest absolute Gasteiger partial charge is 0.255 e. The van der Waals surface area contributed by atoms with Crippen molar-refractivity contribution < 1.29 is 18.8 Å². The number of hydrogen-bond donors (Lipinski definition) is 3. The van der Waals surface area contributed by atoms with Gasteiger partial charge in [-0.3, -0.25) is 14.4 Å². The van der Waals surface area contributed by atoms with Gasteiger partial charge in [0.05, 0.1) is 6.04 Å². The lowest BCUT2D eigenvalue weighted by molar-refractivity contribution is 0.0959. The molecular weight excluding hydrogens is 421 g/mol. The van der Waals surface area contributed by atoms with Gasteiger partial charge in [0.1, 0.15) is 5.82 Å². The summed E-state index contributed by atoms with van der Waals surface area (Å²) in [6.07, 6.45) is 0. The monoisotopic (exact) mass is 437 g/mol. The van der Waals surface area contributed by atoms with E-state index in [-0.39, 0.29) is 21.8 Å². The fraction of sp³-hybridized carbons (Fsp3) is 0.0870. The zero-order valence-corrected chi connectivity index (χ0v) is 17.1. The van der Waals surface area contributed by atoms with Crippen molar-refractivity contribution in [1.82, 2.24) is 10.6 Å². The van der Waals surface area contributed by atoms with Crippen LogP contribution in [0.1, 0.15) is 48.2 Å². The maximum atomic E-state index is 13.9. The first-order chi connectivity index (χ1) is 14.9. The standard InChI is InChI=1S/C23H17ClFN3O3/c1-26-21(29)13-9-16-19(18(10-13)27-22(30)12-5-3-2-4-6-12)20(28-23(16)31)15-11-14(25)7-8-17(15)24/h2-11,20H,1H3,(H,26,29)(H,27,30)(H,28,31). The molecule has 4 rings (SSSR count). The van der Waals surface area contributed by atoms with Crippen LogP contribution < -0.4 is 16.0 Å². The van der Waals surface area contributed by atoms with Gasteiger partial charge in [-0.05, 0) is 42.5 Å². The van der Waals surface area contributed by atoms with Crippen molar-refractivity contribution >= 4 is 35.0 Å². The highest BCUT2D eigenvalue weighted by molar-refractivity contribution is 6.31. The Balaban J connectivity index is 1.87. The Bertz CT molecular complexity index is 1210. The van der Waals surface area contributed by atoms with E-state index in [1.54, 1.807) is 30.3 Å². The van der Waals surface area contributed by atoms with Gasteiger partial charge in [-0.1, -0.05) is 29.8 Å². The molecule has 1 aliphatic rings. The molecule has 31 heavy (non-hydrogen) atoms. The predicted octanol–water partition coefficient (Wildman–Crippen LogP) is 3.92.